The van der Waals surface area contributed by atoms with Gasteiger partial charge in [0.2, 0.25) is 11.9 Å². The first-order valence-corrected chi connectivity index (χ1v) is 14.1. The molecule has 0 radical (unpaired) electrons. The summed E-state index contributed by atoms with van der Waals surface area (Å²) < 4.78 is 39.9. The lowest BCUT2D eigenvalue weighted by molar-refractivity contribution is -0.126. The van der Waals surface area contributed by atoms with Crippen molar-refractivity contribution in [2.75, 3.05) is 30.8 Å². The molecule has 0 unspecified atom stereocenters. The number of anilines is 3. The zero-order valence-corrected chi connectivity index (χ0v) is 24.8. The van der Waals surface area contributed by atoms with Crippen molar-refractivity contribution >= 4 is 46.0 Å². The molecule has 11 nitrogen and oxygen atoms in total. The molecule has 5 rings (SSSR count). The van der Waals surface area contributed by atoms with Gasteiger partial charge in [-0.05, 0) is 50.1 Å². The molecule has 3 heterocycles. The quantitative estimate of drug-likeness (QED) is 0.0910. The highest BCUT2D eigenvalue weighted by atomic mass is 19.1. The van der Waals surface area contributed by atoms with Gasteiger partial charge in [0.05, 0.1) is 24.0 Å². The van der Waals surface area contributed by atoms with Crippen LogP contribution in [0.4, 0.5) is 31.8 Å². The van der Waals surface area contributed by atoms with Crippen molar-refractivity contribution < 1.29 is 23.0 Å². The van der Waals surface area contributed by atoms with Crippen molar-refractivity contribution in [2.24, 2.45) is 10.7 Å². The summed E-state index contributed by atoms with van der Waals surface area (Å²) in [4.78, 5) is 30.2. The Bertz CT molecular complexity index is 1790. The molecular formula is C32H32F2N8O3. The fourth-order valence-electron chi connectivity index (χ4n) is 4.77. The highest BCUT2D eigenvalue weighted by Gasteiger charge is 2.23. The van der Waals surface area contributed by atoms with Crippen LogP contribution >= 0.6 is 0 Å². The van der Waals surface area contributed by atoms with E-state index in [4.69, 9.17) is 15.2 Å². The van der Waals surface area contributed by atoms with Crippen molar-refractivity contribution in [1.29, 1.82) is 0 Å². The molecule has 2 aromatic heterocycles. The molecule has 232 valence electrons. The van der Waals surface area contributed by atoms with Gasteiger partial charge in [0.15, 0.2) is 11.7 Å². The molecule has 1 fully saturated rings. The number of rotatable bonds is 10. The highest BCUT2D eigenvalue weighted by Crippen LogP contribution is 2.35. The molecule has 0 spiro atoms. The molecule has 1 amide bonds. The van der Waals surface area contributed by atoms with Crippen LogP contribution in [0.15, 0.2) is 78.4 Å². The molecule has 4 N–H and O–H groups in total. The third kappa shape index (κ3) is 7.50. The van der Waals surface area contributed by atoms with Crippen LogP contribution in [0, 0.1) is 18.7 Å². The fourth-order valence-corrected chi connectivity index (χ4v) is 4.77. The molecule has 0 bridgehead atoms. The summed E-state index contributed by atoms with van der Waals surface area (Å²) in [5.41, 5.74) is 7.79. The second-order valence-electron chi connectivity index (χ2n) is 10.2. The maximum absolute atomic E-state index is 15.2. The van der Waals surface area contributed by atoms with E-state index in [2.05, 4.69) is 37.2 Å². The summed E-state index contributed by atoms with van der Waals surface area (Å²) in [6.45, 7) is 6.40. The number of allylic oxidation sites excluding steroid dienone is 1. The second kappa shape index (κ2) is 13.8. The number of nitrogens with one attached hydrogen (secondary N) is 2. The topological polar surface area (TPSA) is 140 Å². The molecule has 0 saturated carbocycles. The number of hydrogen-bond donors (Lipinski definition) is 3. The number of ether oxygens (including phenoxy) is 2. The molecule has 1 aliphatic rings. The van der Waals surface area contributed by atoms with E-state index < -0.39 is 11.8 Å². The Kier molecular flexibility index (Phi) is 9.46. The van der Waals surface area contributed by atoms with Gasteiger partial charge in [0.1, 0.15) is 29.5 Å². The number of carbonyl (C=O) groups is 1. The highest BCUT2D eigenvalue weighted by molar-refractivity contribution is 5.95. The summed E-state index contributed by atoms with van der Waals surface area (Å²) in [6, 6.07) is 11.1. The van der Waals surface area contributed by atoms with Crippen molar-refractivity contribution in [1.82, 2.24) is 19.9 Å². The van der Waals surface area contributed by atoms with Crippen LogP contribution in [0.1, 0.15) is 18.4 Å². The number of halogens is 2. The number of aryl methyl sites for hydroxylation is 1. The van der Waals surface area contributed by atoms with Gasteiger partial charge in [0.25, 0.3) is 0 Å². The Labute approximate surface area is 258 Å². The molecule has 1 saturated heterocycles. The number of carbonyl (C=O) groups excluding carboxylic acids is 1. The Morgan fingerprint density at radius 2 is 1.93 bits per heavy atom. The third-order valence-electron chi connectivity index (χ3n) is 7.19. The lowest BCUT2D eigenvalue weighted by Crippen LogP contribution is -2.41. The molecule has 45 heavy (non-hydrogen) atoms. The van der Waals surface area contributed by atoms with Crippen molar-refractivity contribution in [3.05, 3.63) is 90.7 Å². The number of likely N-dealkylation sites (tertiary alicyclic amines) is 1. The maximum Gasteiger partial charge on any atom is 0.245 e. The third-order valence-corrected chi connectivity index (χ3v) is 7.19. The second-order valence-corrected chi connectivity index (χ2v) is 10.2. The minimum absolute atomic E-state index is 0.0554. The van der Waals surface area contributed by atoms with E-state index in [-0.39, 0.29) is 35.1 Å². The minimum Gasteiger partial charge on any atom is -0.495 e. The first-order valence-electron chi connectivity index (χ1n) is 14.1. The molecule has 13 heteroatoms. The smallest absolute Gasteiger partial charge is 0.245 e. The van der Waals surface area contributed by atoms with Gasteiger partial charge in [-0.3, -0.25) is 4.79 Å². The number of pyridine rings is 1. The van der Waals surface area contributed by atoms with Gasteiger partial charge in [-0.2, -0.15) is 4.39 Å². The monoisotopic (exact) mass is 614 g/mol. The fraction of sp³-hybridized carbons (Fsp3) is 0.219. The summed E-state index contributed by atoms with van der Waals surface area (Å²) >= 11 is 0. The zero-order chi connectivity index (χ0) is 31.9. The normalized spacial score (nSPS) is 14.0. The number of aromatic nitrogens is 3. The van der Waals surface area contributed by atoms with Gasteiger partial charge in [-0.15, -0.1) is 0 Å². The van der Waals surface area contributed by atoms with Gasteiger partial charge in [-0.25, -0.2) is 24.3 Å². The van der Waals surface area contributed by atoms with Crippen molar-refractivity contribution in [3.8, 4) is 11.5 Å². The van der Waals surface area contributed by atoms with Crippen molar-refractivity contribution in [3.63, 3.8) is 0 Å². The Balaban J connectivity index is 1.29. The number of piperidine rings is 1. The predicted octanol–water partition coefficient (Wildman–Crippen LogP) is 5.53. The Morgan fingerprint density at radius 3 is 2.64 bits per heavy atom. The Morgan fingerprint density at radius 1 is 1.13 bits per heavy atom. The maximum atomic E-state index is 15.2. The SMILES string of the molecule is C=CC(=O)N1CCC(Nc2cc3c(Nc4ccc(O/C(N)=C/C=Nc5ccc(C)c(F)n5)cc4F)ncnc3cc2OC)CC1. The molecule has 0 atom stereocenters. The molecular weight excluding hydrogens is 582 g/mol. The van der Waals surface area contributed by atoms with E-state index in [0.29, 0.717) is 41.1 Å². The van der Waals surface area contributed by atoms with Crippen LogP contribution in [-0.4, -0.2) is 58.2 Å². The first-order chi connectivity index (χ1) is 21.7. The number of nitrogens with two attached hydrogens (primary N) is 1. The van der Waals surface area contributed by atoms with Gasteiger partial charge >= 0.3 is 0 Å². The number of hydrogen-bond acceptors (Lipinski definition) is 10. The largest absolute Gasteiger partial charge is 0.495 e. The minimum atomic E-state index is -0.607. The molecule has 0 aliphatic carbocycles. The van der Waals surface area contributed by atoms with Crippen LogP contribution in [0.25, 0.3) is 10.9 Å². The number of fused-ring (bicyclic) bond motifs is 1. The average molecular weight is 615 g/mol. The van der Waals surface area contributed by atoms with Crippen LogP contribution in [0.2, 0.25) is 0 Å². The van der Waals surface area contributed by atoms with Gasteiger partial charge in [0, 0.05) is 54.5 Å². The average Bonchev–Trinajstić information content (AvgIpc) is 3.04. The van der Waals surface area contributed by atoms with Crippen LogP contribution in [-0.2, 0) is 4.79 Å². The van der Waals surface area contributed by atoms with Gasteiger partial charge < -0.3 is 30.7 Å². The number of aliphatic imine (C=N–C) groups is 1. The van der Waals surface area contributed by atoms with E-state index in [0.717, 1.165) is 18.5 Å². The number of methoxy groups -OCH3 is 1. The molecule has 1 aliphatic heterocycles. The standard InChI is InChI=1S/C32H32F2N8O3/c1-4-30(43)42-13-10-20(11-14-42)39-26-16-22-25(17-27(26)44-3)37-18-38-32(22)40-24-7-6-21(15-23(24)33)45-28(35)9-12-36-29-8-5-19(2)31(34)41-29/h4-9,12,15-18,20,39H,1,10-11,13-14,35H2,2-3H3,(H,37,38,40)/b28-9+,36-12?. The van der Waals surface area contributed by atoms with E-state index in [1.165, 1.54) is 36.8 Å². The summed E-state index contributed by atoms with van der Waals surface area (Å²) in [5, 5.41) is 7.21. The van der Waals surface area contributed by atoms with Gasteiger partial charge in [-0.1, -0.05) is 12.6 Å². The zero-order valence-electron chi connectivity index (χ0n) is 24.8. The van der Waals surface area contributed by atoms with Crippen LogP contribution in [0.3, 0.4) is 0 Å². The number of nitrogens with zero attached hydrogens (tertiary/aromatic N) is 5. The summed E-state index contributed by atoms with van der Waals surface area (Å²) in [7, 11) is 1.58. The van der Waals surface area contributed by atoms with E-state index in [1.54, 1.807) is 43.2 Å². The first kappa shape index (κ1) is 30.9. The predicted molar refractivity (Wildman–Crippen MR) is 169 cm³/mol. The molecule has 4 aromatic rings. The van der Waals surface area contributed by atoms with E-state index in [9.17, 15) is 9.18 Å². The van der Waals surface area contributed by atoms with Crippen LogP contribution < -0.4 is 25.8 Å². The summed E-state index contributed by atoms with van der Waals surface area (Å²) in [6.07, 6.45) is 6.88. The molecule has 2 aromatic carbocycles. The number of benzene rings is 2. The van der Waals surface area contributed by atoms with Crippen molar-refractivity contribution in [2.45, 2.75) is 25.8 Å². The van der Waals surface area contributed by atoms with E-state index in [1.807, 2.05) is 6.07 Å². The Hall–Kier alpha value is -5.59. The van der Waals surface area contributed by atoms with Crippen LogP contribution in [0.5, 0.6) is 11.5 Å². The lowest BCUT2D eigenvalue weighted by atomic mass is 10.0. The van der Waals surface area contributed by atoms with E-state index >= 15 is 4.39 Å². The number of amides is 1. The summed E-state index contributed by atoms with van der Waals surface area (Å²) in [5.74, 6) is -0.0221. The lowest BCUT2D eigenvalue weighted by Gasteiger charge is -2.32.